The second-order valence-corrected chi connectivity index (χ2v) is 6.69. The number of nitrogens with zero attached hydrogens (tertiary/aromatic N) is 4. The number of hydrogen-bond donors (Lipinski definition) is 2. The van der Waals surface area contributed by atoms with E-state index in [-0.39, 0.29) is 4.90 Å². The van der Waals surface area contributed by atoms with Gasteiger partial charge in [-0.2, -0.15) is 14.9 Å². The van der Waals surface area contributed by atoms with Crippen molar-refractivity contribution in [2.24, 2.45) is 0 Å². The summed E-state index contributed by atoms with van der Waals surface area (Å²) >= 11 is 0. The zero-order valence-corrected chi connectivity index (χ0v) is 12.7. The third-order valence-corrected chi connectivity index (χ3v) is 4.40. The summed E-state index contributed by atoms with van der Waals surface area (Å²) in [6.45, 7) is 7.66. The lowest BCUT2D eigenvalue weighted by Gasteiger charge is -2.22. The van der Waals surface area contributed by atoms with Crippen LogP contribution in [0.4, 0.5) is 0 Å². The Morgan fingerprint density at radius 1 is 1.45 bits per heavy atom. The number of hydrogen-bond acceptors (Lipinski definition) is 5. The molecule has 0 radical (unpaired) electrons. The summed E-state index contributed by atoms with van der Waals surface area (Å²) in [6.07, 6.45) is 2.81. The topological polar surface area (TPSA) is 106 Å². The molecule has 0 aliphatic rings. The predicted molar refractivity (Wildman–Crippen MR) is 72.4 cm³/mol. The largest absolute Gasteiger partial charge is 0.272 e. The Morgan fingerprint density at radius 3 is 2.65 bits per heavy atom. The number of rotatable bonds is 5. The van der Waals surface area contributed by atoms with E-state index in [0.717, 1.165) is 0 Å². The highest BCUT2D eigenvalue weighted by atomic mass is 32.2. The summed E-state index contributed by atoms with van der Waals surface area (Å²) in [4.78, 5) is 4.29. The van der Waals surface area contributed by atoms with Crippen LogP contribution in [0.2, 0.25) is 0 Å². The van der Waals surface area contributed by atoms with E-state index >= 15 is 0 Å². The maximum atomic E-state index is 12.3. The van der Waals surface area contributed by atoms with Gasteiger partial charge in [-0.3, -0.25) is 9.78 Å². The molecule has 0 bridgehead atoms. The van der Waals surface area contributed by atoms with Crippen molar-refractivity contribution in [1.29, 1.82) is 0 Å². The van der Waals surface area contributed by atoms with E-state index in [4.69, 9.17) is 0 Å². The van der Waals surface area contributed by atoms with Crippen molar-refractivity contribution in [3.8, 4) is 0 Å². The molecule has 9 heteroatoms. The minimum absolute atomic E-state index is 0.125. The zero-order chi connectivity index (χ0) is 15.0. The highest BCUT2D eigenvalue weighted by Gasteiger charge is 2.32. The molecule has 2 N–H and O–H groups in total. The van der Waals surface area contributed by atoms with Gasteiger partial charge in [0.25, 0.3) is 0 Å². The number of nitrogens with one attached hydrogen (secondary N) is 2. The van der Waals surface area contributed by atoms with Gasteiger partial charge in [0.15, 0.2) is 5.82 Å². The fourth-order valence-corrected chi connectivity index (χ4v) is 3.05. The van der Waals surface area contributed by atoms with Crippen LogP contribution >= 0.6 is 0 Å². The Labute approximate surface area is 117 Å². The molecule has 0 aliphatic carbocycles. The van der Waals surface area contributed by atoms with Crippen molar-refractivity contribution in [2.75, 3.05) is 0 Å². The van der Waals surface area contributed by atoms with Gasteiger partial charge >= 0.3 is 0 Å². The summed E-state index contributed by atoms with van der Waals surface area (Å²) in [5.74, 6) is 1.02. The van der Waals surface area contributed by atoms with Gasteiger partial charge in [0.2, 0.25) is 10.0 Å². The molecular weight excluding hydrogens is 280 g/mol. The van der Waals surface area contributed by atoms with E-state index in [1.807, 2.05) is 6.92 Å². The zero-order valence-electron chi connectivity index (χ0n) is 11.9. The first-order chi connectivity index (χ1) is 9.24. The summed E-state index contributed by atoms with van der Waals surface area (Å²) < 4.78 is 28.8. The van der Waals surface area contributed by atoms with Crippen LogP contribution < -0.4 is 4.72 Å². The van der Waals surface area contributed by atoms with Crippen LogP contribution in [-0.2, 0) is 22.1 Å². The molecule has 0 amide bonds. The van der Waals surface area contributed by atoms with Crippen LogP contribution in [0.15, 0.2) is 17.3 Å². The van der Waals surface area contributed by atoms with Gasteiger partial charge in [-0.05, 0) is 27.7 Å². The van der Waals surface area contributed by atoms with E-state index in [1.54, 1.807) is 25.5 Å². The molecule has 0 aromatic carbocycles. The van der Waals surface area contributed by atoms with Gasteiger partial charge in [0, 0.05) is 12.7 Å². The monoisotopic (exact) mass is 298 g/mol. The average molecular weight is 298 g/mol. The first-order valence-corrected chi connectivity index (χ1v) is 7.69. The van der Waals surface area contributed by atoms with E-state index in [9.17, 15) is 8.42 Å². The van der Waals surface area contributed by atoms with Gasteiger partial charge in [0.05, 0.1) is 11.7 Å². The fraction of sp³-hybridized carbons (Fsp3) is 0.545. The molecule has 0 saturated carbocycles. The van der Waals surface area contributed by atoms with Gasteiger partial charge in [0.1, 0.15) is 10.7 Å². The fourth-order valence-electron chi connectivity index (χ4n) is 1.72. The predicted octanol–water partition coefficient (Wildman–Crippen LogP) is 0.543. The third kappa shape index (κ3) is 2.88. The van der Waals surface area contributed by atoms with Gasteiger partial charge in [-0.15, -0.1) is 0 Å². The van der Waals surface area contributed by atoms with Crippen molar-refractivity contribution in [1.82, 2.24) is 29.7 Å². The van der Waals surface area contributed by atoms with Gasteiger partial charge < -0.3 is 0 Å². The Morgan fingerprint density at radius 2 is 2.15 bits per heavy atom. The highest BCUT2D eigenvalue weighted by Crippen LogP contribution is 2.19. The average Bonchev–Trinajstić information content (AvgIpc) is 2.95. The Kier molecular flexibility index (Phi) is 3.65. The molecule has 2 heterocycles. The SMILES string of the molecule is CCn1cc(S(=O)(=O)NC(C)(C)c2n[nH]c(C)n2)cn1. The van der Waals surface area contributed by atoms with Crippen molar-refractivity contribution in [3.63, 3.8) is 0 Å². The number of sulfonamides is 1. The normalized spacial score (nSPS) is 12.8. The smallest absolute Gasteiger partial charge is 0.244 e. The molecule has 0 atom stereocenters. The molecule has 0 unspecified atom stereocenters. The maximum Gasteiger partial charge on any atom is 0.244 e. The standard InChI is InChI=1S/C11H18N6O2S/c1-5-17-7-9(6-12-17)20(18,19)16-11(3,4)10-13-8(2)14-15-10/h6-7,16H,5H2,1-4H3,(H,13,14,15). The Balaban J connectivity index is 2.27. The molecule has 0 spiro atoms. The van der Waals surface area contributed by atoms with Crippen LogP contribution in [0, 0.1) is 6.92 Å². The summed E-state index contributed by atoms with van der Waals surface area (Å²) in [6, 6.07) is 0. The van der Waals surface area contributed by atoms with Crippen LogP contribution in [0.25, 0.3) is 0 Å². The van der Waals surface area contributed by atoms with E-state index < -0.39 is 15.6 Å². The molecule has 110 valence electrons. The molecule has 0 fully saturated rings. The summed E-state index contributed by atoms with van der Waals surface area (Å²) in [5, 5.41) is 10.7. The van der Waals surface area contributed by atoms with Crippen molar-refractivity contribution in [3.05, 3.63) is 24.0 Å². The van der Waals surface area contributed by atoms with Crippen molar-refractivity contribution < 1.29 is 8.42 Å². The molecule has 2 aromatic rings. The van der Waals surface area contributed by atoms with E-state index in [0.29, 0.717) is 18.2 Å². The van der Waals surface area contributed by atoms with E-state index in [1.165, 1.54) is 12.4 Å². The lowest BCUT2D eigenvalue weighted by atomic mass is 10.1. The Hall–Kier alpha value is -1.74. The van der Waals surface area contributed by atoms with Gasteiger partial charge in [-0.1, -0.05) is 0 Å². The molecule has 2 rings (SSSR count). The highest BCUT2D eigenvalue weighted by molar-refractivity contribution is 7.89. The van der Waals surface area contributed by atoms with Crippen molar-refractivity contribution >= 4 is 10.0 Å². The van der Waals surface area contributed by atoms with Crippen LogP contribution in [0.3, 0.4) is 0 Å². The molecule has 8 nitrogen and oxygen atoms in total. The number of aromatic nitrogens is 5. The lowest BCUT2D eigenvalue weighted by molar-refractivity contribution is 0.447. The van der Waals surface area contributed by atoms with Gasteiger partial charge in [-0.25, -0.2) is 13.4 Å². The lowest BCUT2D eigenvalue weighted by Crippen LogP contribution is -2.41. The Bertz CT molecular complexity index is 700. The minimum Gasteiger partial charge on any atom is -0.272 e. The molecular formula is C11H18N6O2S. The van der Waals surface area contributed by atoms with Crippen LogP contribution in [0.5, 0.6) is 0 Å². The summed E-state index contributed by atoms with van der Waals surface area (Å²) in [7, 11) is -3.67. The first kappa shape index (κ1) is 14.7. The quantitative estimate of drug-likeness (QED) is 0.838. The number of aryl methyl sites for hydroxylation is 2. The molecule has 0 saturated heterocycles. The second-order valence-electron chi connectivity index (χ2n) is 5.01. The van der Waals surface area contributed by atoms with Crippen LogP contribution in [-0.4, -0.2) is 33.4 Å². The molecule has 2 aromatic heterocycles. The second kappa shape index (κ2) is 4.98. The first-order valence-electron chi connectivity index (χ1n) is 6.20. The minimum atomic E-state index is -3.67. The number of aromatic amines is 1. The molecule has 20 heavy (non-hydrogen) atoms. The number of H-pyrrole nitrogens is 1. The van der Waals surface area contributed by atoms with Crippen LogP contribution in [0.1, 0.15) is 32.4 Å². The third-order valence-electron chi connectivity index (χ3n) is 2.79. The summed E-state index contributed by atoms with van der Waals surface area (Å²) in [5.41, 5.74) is -0.919. The van der Waals surface area contributed by atoms with E-state index in [2.05, 4.69) is 25.0 Å². The van der Waals surface area contributed by atoms with Crippen molar-refractivity contribution in [2.45, 2.75) is 44.7 Å². The molecule has 0 aliphatic heterocycles. The maximum absolute atomic E-state index is 12.3.